The van der Waals surface area contributed by atoms with E-state index < -0.39 is 0 Å². The maximum absolute atomic E-state index is 12.3. The molecule has 1 aromatic carbocycles. The normalized spacial score (nSPS) is 11.0. The van der Waals surface area contributed by atoms with Crippen LogP contribution in [0, 0.1) is 13.8 Å². The number of rotatable bonds is 5. The van der Waals surface area contributed by atoms with Crippen LogP contribution < -0.4 is 0 Å². The summed E-state index contributed by atoms with van der Waals surface area (Å²) in [4.78, 5) is 18.6. The van der Waals surface area contributed by atoms with Crippen LogP contribution in [0.5, 0.6) is 0 Å². The molecule has 110 valence electrons. The summed E-state index contributed by atoms with van der Waals surface area (Å²) in [5.74, 6) is 0.0403. The van der Waals surface area contributed by atoms with Crippen molar-refractivity contribution in [1.82, 2.24) is 19.7 Å². The number of hydrogen-bond acceptors (Lipinski definition) is 4. The SMILES string of the molecule is Cc1cc(C(=O)Cn2cnnc2)c(C)cc1N=CN(C)C. The molecular formula is C15H19N5O. The summed E-state index contributed by atoms with van der Waals surface area (Å²) in [5, 5.41) is 7.40. The van der Waals surface area contributed by atoms with E-state index in [0.29, 0.717) is 5.56 Å². The van der Waals surface area contributed by atoms with E-state index in [1.54, 1.807) is 10.9 Å². The third-order valence-corrected chi connectivity index (χ3v) is 3.06. The number of carbonyl (C=O) groups excluding carboxylic acids is 1. The third kappa shape index (κ3) is 3.75. The van der Waals surface area contributed by atoms with E-state index in [2.05, 4.69) is 15.2 Å². The molecular weight excluding hydrogens is 266 g/mol. The molecule has 0 saturated carbocycles. The van der Waals surface area contributed by atoms with E-state index in [0.717, 1.165) is 16.8 Å². The van der Waals surface area contributed by atoms with Gasteiger partial charge in [0, 0.05) is 19.7 Å². The summed E-state index contributed by atoms with van der Waals surface area (Å²) in [5.41, 5.74) is 3.49. The molecule has 2 rings (SSSR count). The molecule has 0 atom stereocenters. The van der Waals surface area contributed by atoms with Gasteiger partial charge in [0.05, 0.1) is 18.6 Å². The number of nitrogens with zero attached hydrogens (tertiary/aromatic N) is 5. The number of Topliss-reactive ketones (excluding diaryl/α,β-unsaturated/α-hetero) is 1. The smallest absolute Gasteiger partial charge is 0.182 e. The molecule has 0 bridgehead atoms. The van der Waals surface area contributed by atoms with Crippen LogP contribution in [0.1, 0.15) is 21.5 Å². The molecule has 0 aliphatic heterocycles. The molecule has 1 heterocycles. The van der Waals surface area contributed by atoms with Crippen LogP contribution in [-0.2, 0) is 6.54 Å². The summed E-state index contributed by atoms with van der Waals surface area (Å²) >= 11 is 0. The second-order valence-electron chi connectivity index (χ2n) is 5.22. The fraction of sp³-hybridized carbons (Fsp3) is 0.333. The first-order valence-corrected chi connectivity index (χ1v) is 6.65. The first-order chi connectivity index (χ1) is 9.97. The number of ketones is 1. The minimum Gasteiger partial charge on any atom is -0.369 e. The van der Waals surface area contributed by atoms with Gasteiger partial charge in [-0.1, -0.05) is 0 Å². The fourth-order valence-corrected chi connectivity index (χ4v) is 1.97. The molecule has 0 saturated heterocycles. The Morgan fingerprint density at radius 2 is 1.90 bits per heavy atom. The van der Waals surface area contributed by atoms with E-state index in [-0.39, 0.29) is 12.3 Å². The van der Waals surface area contributed by atoms with Crippen LogP contribution in [0.2, 0.25) is 0 Å². The molecule has 0 N–H and O–H groups in total. The molecule has 0 amide bonds. The van der Waals surface area contributed by atoms with E-state index in [1.807, 2.05) is 45.0 Å². The average Bonchev–Trinajstić information content (AvgIpc) is 2.91. The maximum atomic E-state index is 12.3. The van der Waals surface area contributed by atoms with Crippen LogP contribution in [0.25, 0.3) is 0 Å². The van der Waals surface area contributed by atoms with Crippen LogP contribution in [0.4, 0.5) is 5.69 Å². The van der Waals surface area contributed by atoms with Crippen molar-refractivity contribution in [1.29, 1.82) is 0 Å². The maximum Gasteiger partial charge on any atom is 0.182 e. The molecule has 0 radical (unpaired) electrons. The summed E-state index contributed by atoms with van der Waals surface area (Å²) in [6.07, 6.45) is 4.83. The number of hydrogen-bond donors (Lipinski definition) is 0. The summed E-state index contributed by atoms with van der Waals surface area (Å²) < 4.78 is 1.66. The highest BCUT2D eigenvalue weighted by Gasteiger charge is 2.12. The van der Waals surface area contributed by atoms with Gasteiger partial charge in [0.15, 0.2) is 5.78 Å². The molecule has 0 fully saturated rings. The monoisotopic (exact) mass is 285 g/mol. The van der Waals surface area contributed by atoms with Crippen molar-refractivity contribution >= 4 is 17.8 Å². The van der Waals surface area contributed by atoms with Crippen LogP contribution >= 0.6 is 0 Å². The number of benzene rings is 1. The zero-order valence-corrected chi connectivity index (χ0v) is 12.7. The van der Waals surface area contributed by atoms with Gasteiger partial charge < -0.3 is 9.47 Å². The lowest BCUT2D eigenvalue weighted by atomic mass is 10.0. The van der Waals surface area contributed by atoms with Crippen LogP contribution in [0.15, 0.2) is 29.8 Å². The Morgan fingerprint density at radius 3 is 2.52 bits per heavy atom. The molecule has 0 spiro atoms. The standard InChI is InChI=1S/C15H19N5O/c1-11-6-14(16-8-19(3)4)12(2)5-13(11)15(21)7-20-9-17-18-10-20/h5-6,8-10H,7H2,1-4H3. The average molecular weight is 285 g/mol. The molecule has 0 unspecified atom stereocenters. The Kier molecular flexibility index (Phi) is 4.47. The largest absolute Gasteiger partial charge is 0.369 e. The minimum atomic E-state index is 0.0403. The zero-order chi connectivity index (χ0) is 15.4. The Hall–Kier alpha value is -2.50. The highest BCUT2D eigenvalue weighted by Crippen LogP contribution is 2.23. The van der Waals surface area contributed by atoms with Gasteiger partial charge in [-0.3, -0.25) is 4.79 Å². The molecule has 6 heteroatoms. The predicted octanol–water partition coefficient (Wildman–Crippen LogP) is 2.00. The summed E-state index contributed by atoms with van der Waals surface area (Å²) in [6, 6.07) is 3.83. The highest BCUT2D eigenvalue weighted by molar-refractivity contribution is 5.98. The van der Waals surface area contributed by atoms with Crippen LogP contribution in [0.3, 0.4) is 0 Å². The summed E-state index contributed by atoms with van der Waals surface area (Å²) in [7, 11) is 3.84. The van der Waals surface area contributed by atoms with Gasteiger partial charge in [0.1, 0.15) is 12.7 Å². The molecule has 2 aromatic rings. The second kappa shape index (κ2) is 6.30. The Balaban J connectivity index is 2.25. The van der Waals surface area contributed by atoms with Crippen molar-refractivity contribution in [2.24, 2.45) is 4.99 Å². The van der Waals surface area contributed by atoms with E-state index in [4.69, 9.17) is 0 Å². The van der Waals surface area contributed by atoms with Crippen molar-refractivity contribution in [3.05, 3.63) is 41.5 Å². The van der Waals surface area contributed by atoms with E-state index in [1.165, 1.54) is 12.7 Å². The van der Waals surface area contributed by atoms with Gasteiger partial charge in [0.2, 0.25) is 0 Å². The molecule has 21 heavy (non-hydrogen) atoms. The quantitative estimate of drug-likeness (QED) is 0.479. The van der Waals surface area contributed by atoms with Gasteiger partial charge in [0.25, 0.3) is 0 Å². The lowest BCUT2D eigenvalue weighted by Gasteiger charge is -2.10. The van der Waals surface area contributed by atoms with Gasteiger partial charge >= 0.3 is 0 Å². The molecule has 6 nitrogen and oxygen atoms in total. The van der Waals surface area contributed by atoms with Gasteiger partial charge in [-0.05, 0) is 37.1 Å². The lowest BCUT2D eigenvalue weighted by molar-refractivity contribution is 0.0971. The van der Waals surface area contributed by atoms with Gasteiger partial charge in [-0.2, -0.15) is 0 Å². The van der Waals surface area contributed by atoms with Crippen molar-refractivity contribution in [2.45, 2.75) is 20.4 Å². The van der Waals surface area contributed by atoms with Crippen LogP contribution in [-0.4, -0.2) is 45.9 Å². The Labute approximate surface area is 124 Å². The van der Waals surface area contributed by atoms with Crippen molar-refractivity contribution in [2.75, 3.05) is 14.1 Å². The topological polar surface area (TPSA) is 63.4 Å². The zero-order valence-electron chi connectivity index (χ0n) is 12.7. The second-order valence-corrected chi connectivity index (χ2v) is 5.22. The van der Waals surface area contributed by atoms with E-state index in [9.17, 15) is 4.79 Å². The molecule has 0 aliphatic rings. The first-order valence-electron chi connectivity index (χ1n) is 6.65. The third-order valence-electron chi connectivity index (χ3n) is 3.06. The molecule has 0 aliphatic carbocycles. The predicted molar refractivity (Wildman–Crippen MR) is 82.1 cm³/mol. The Bertz CT molecular complexity index is 659. The fourth-order valence-electron chi connectivity index (χ4n) is 1.97. The number of aliphatic imine (C=N–C) groups is 1. The first kappa shape index (κ1) is 14.9. The number of aromatic nitrogens is 3. The van der Waals surface area contributed by atoms with Crippen molar-refractivity contribution in [3.63, 3.8) is 0 Å². The minimum absolute atomic E-state index is 0.0403. The van der Waals surface area contributed by atoms with Crippen molar-refractivity contribution < 1.29 is 4.79 Å². The van der Waals surface area contributed by atoms with Gasteiger partial charge in [-0.25, -0.2) is 4.99 Å². The van der Waals surface area contributed by atoms with E-state index >= 15 is 0 Å². The highest BCUT2D eigenvalue weighted by atomic mass is 16.1. The van der Waals surface area contributed by atoms with Crippen molar-refractivity contribution in [3.8, 4) is 0 Å². The van der Waals surface area contributed by atoms with Gasteiger partial charge in [-0.15, -0.1) is 10.2 Å². The molecule has 1 aromatic heterocycles. The lowest BCUT2D eigenvalue weighted by Crippen LogP contribution is -2.11. The number of carbonyl (C=O) groups is 1. The summed E-state index contributed by atoms with van der Waals surface area (Å²) in [6.45, 7) is 4.12. The Morgan fingerprint density at radius 1 is 1.24 bits per heavy atom. The number of aryl methyl sites for hydroxylation is 2.